The van der Waals surface area contributed by atoms with Gasteiger partial charge in [-0.05, 0) is 101 Å². The number of nitrogens with one attached hydrogen (secondary N) is 8. The number of hydrogen-bond donors (Lipinski definition) is 15. The fourth-order valence-electron chi connectivity index (χ4n) is 7.49. The van der Waals surface area contributed by atoms with Crippen LogP contribution >= 0.6 is 11.8 Å². The van der Waals surface area contributed by atoms with Crippen molar-refractivity contribution in [2.45, 2.75) is 166 Å². The SMILES string of the molecule is CSCCC(NC(=O)C(Cc1ccccc1)NC(=O)C(C)N)C(=O)NC(C(=O)NC(CC(C)C)C(=O)NC(CCCCN)C(=O)NC(CC(C)C)C(=O)NC(CCCN=C(N)N)C(=O)NC(CC(N)=O)C(=O)O)C(C)O. The third kappa shape index (κ3) is 26.8. The van der Waals surface area contributed by atoms with E-state index in [1.165, 1.54) is 25.6 Å². The Balaban J connectivity index is 3.49. The van der Waals surface area contributed by atoms with Crippen LogP contribution in [0.5, 0.6) is 0 Å². The number of unbranched alkanes of at least 4 members (excludes halogenated alkanes) is 1. The minimum Gasteiger partial charge on any atom is -0.480 e. The summed E-state index contributed by atoms with van der Waals surface area (Å²) >= 11 is 1.38. The molecule has 10 atom stereocenters. The molecule has 0 saturated heterocycles. The molecule has 9 amide bonds. The molecule has 0 aliphatic heterocycles. The van der Waals surface area contributed by atoms with E-state index in [4.69, 9.17) is 28.7 Å². The summed E-state index contributed by atoms with van der Waals surface area (Å²) in [5.41, 5.74) is 28.3. The molecule has 0 aromatic heterocycles. The summed E-state index contributed by atoms with van der Waals surface area (Å²) in [4.78, 5) is 138. The number of carbonyl (C=O) groups excluding carboxylic acids is 9. The van der Waals surface area contributed by atoms with Gasteiger partial charge in [-0.25, -0.2) is 4.79 Å². The van der Waals surface area contributed by atoms with E-state index in [0.717, 1.165) is 0 Å². The van der Waals surface area contributed by atoms with E-state index >= 15 is 0 Å². The lowest BCUT2D eigenvalue weighted by atomic mass is 9.99. The molecular formula is C49H84N14O12S. The van der Waals surface area contributed by atoms with Gasteiger partial charge in [-0.2, -0.15) is 11.8 Å². The average Bonchev–Trinajstić information content (AvgIpc) is 3.33. The van der Waals surface area contributed by atoms with Crippen molar-refractivity contribution in [3.8, 4) is 0 Å². The normalized spacial score (nSPS) is 15.1. The molecule has 0 saturated carbocycles. The van der Waals surface area contributed by atoms with Crippen molar-refractivity contribution in [2.24, 2.45) is 45.5 Å². The summed E-state index contributed by atoms with van der Waals surface area (Å²) in [6.45, 7) is 10.1. The summed E-state index contributed by atoms with van der Waals surface area (Å²) in [5.74, 6) is -9.43. The Kier molecular flexibility index (Phi) is 31.6. The second-order valence-corrected chi connectivity index (χ2v) is 20.4. The number of aliphatic hydroxyl groups is 1. The molecule has 0 fully saturated rings. The highest BCUT2D eigenvalue weighted by Gasteiger charge is 2.36. The zero-order valence-corrected chi connectivity index (χ0v) is 45.5. The molecule has 0 aliphatic carbocycles. The molecular weight excluding hydrogens is 1010 g/mol. The van der Waals surface area contributed by atoms with Crippen molar-refractivity contribution in [3.63, 3.8) is 0 Å². The number of carbonyl (C=O) groups is 10. The highest BCUT2D eigenvalue weighted by Crippen LogP contribution is 2.13. The number of rotatable bonds is 37. The molecule has 27 heteroatoms. The van der Waals surface area contributed by atoms with Crippen LogP contribution in [0.4, 0.5) is 0 Å². The number of benzene rings is 1. The zero-order valence-electron chi connectivity index (χ0n) is 44.7. The van der Waals surface area contributed by atoms with Gasteiger partial charge in [0.25, 0.3) is 0 Å². The number of hydrogen-bond acceptors (Lipinski definition) is 15. The van der Waals surface area contributed by atoms with Crippen LogP contribution in [-0.2, 0) is 54.4 Å². The number of guanidine groups is 1. The van der Waals surface area contributed by atoms with E-state index in [9.17, 15) is 58.2 Å². The fraction of sp³-hybridized carbons (Fsp3) is 0.653. The fourth-order valence-corrected chi connectivity index (χ4v) is 7.96. The molecule has 10 unspecified atom stereocenters. The monoisotopic (exact) mass is 1090 g/mol. The van der Waals surface area contributed by atoms with Crippen molar-refractivity contribution in [1.29, 1.82) is 0 Å². The number of aliphatic carboxylic acids is 1. The van der Waals surface area contributed by atoms with Crippen LogP contribution < -0.4 is 71.2 Å². The van der Waals surface area contributed by atoms with Gasteiger partial charge in [0.15, 0.2) is 5.96 Å². The first-order valence-electron chi connectivity index (χ1n) is 25.4. The Labute approximate surface area is 448 Å². The lowest BCUT2D eigenvalue weighted by molar-refractivity contribution is -0.143. The molecule has 0 heterocycles. The lowest BCUT2D eigenvalue weighted by Crippen LogP contribution is -2.62. The molecule has 1 aromatic carbocycles. The van der Waals surface area contributed by atoms with Crippen molar-refractivity contribution in [3.05, 3.63) is 35.9 Å². The van der Waals surface area contributed by atoms with Gasteiger partial charge in [0.1, 0.15) is 48.3 Å². The van der Waals surface area contributed by atoms with Gasteiger partial charge in [0.05, 0.1) is 18.6 Å². The van der Waals surface area contributed by atoms with Crippen molar-refractivity contribution < 1.29 is 58.2 Å². The number of carboxylic acid groups (broad SMARTS) is 1. The summed E-state index contributed by atoms with van der Waals surface area (Å²) in [6, 6.07) is -3.24. The van der Waals surface area contributed by atoms with E-state index in [1.807, 2.05) is 0 Å². The quantitative estimate of drug-likeness (QED) is 0.0177. The minimum absolute atomic E-state index is 0.0186. The molecule has 1 aromatic rings. The molecule has 26 nitrogen and oxygen atoms in total. The van der Waals surface area contributed by atoms with E-state index < -0.39 is 126 Å². The van der Waals surface area contributed by atoms with Crippen LogP contribution in [0, 0.1) is 11.8 Å². The first-order valence-corrected chi connectivity index (χ1v) is 26.8. The maximum Gasteiger partial charge on any atom is 0.326 e. The predicted octanol–water partition coefficient (Wildman–Crippen LogP) is -3.18. The van der Waals surface area contributed by atoms with Crippen LogP contribution in [-0.4, -0.2) is 161 Å². The number of carboxylic acids is 1. The molecule has 1 rings (SSSR count). The first-order chi connectivity index (χ1) is 35.7. The van der Waals surface area contributed by atoms with Gasteiger partial charge < -0.3 is 81.4 Å². The number of amides is 9. The standard InChI is InChI=1S/C49H84N14O12S/c1-26(2)22-34(44(70)57-32(17-13-20-55-49(53)54)42(68)62-37(48(74)75)25-38(52)65)60-41(67)31(16-11-12-19-50)56-45(71)35(23-27(3)4)61-47(73)39(29(6)64)63-43(69)33(18-21-76-7)58-46(72)36(59-40(66)28(5)51)24-30-14-9-8-10-15-30/h8-10,14-15,26-29,31-37,39,64H,11-13,16-25,50-51H2,1-7H3,(H2,52,65)(H,56,71)(H,57,70)(H,58,72)(H,59,66)(H,60,67)(H,61,73)(H,62,68)(H,63,69)(H,74,75)(H4,53,54,55). The molecule has 0 radical (unpaired) electrons. The Hall–Kier alpha value is -6.58. The maximum atomic E-state index is 14.2. The number of primary amides is 1. The second-order valence-electron chi connectivity index (χ2n) is 19.4. The zero-order chi connectivity index (χ0) is 57.7. The van der Waals surface area contributed by atoms with Gasteiger partial charge in [-0.15, -0.1) is 0 Å². The van der Waals surface area contributed by atoms with Crippen LogP contribution in [0.2, 0.25) is 0 Å². The predicted molar refractivity (Wildman–Crippen MR) is 287 cm³/mol. The van der Waals surface area contributed by atoms with Crippen molar-refractivity contribution in [1.82, 2.24) is 42.5 Å². The number of thioether (sulfide) groups is 1. The Morgan fingerprint density at radius 1 is 0.566 bits per heavy atom. The number of nitrogens with zero attached hydrogens (tertiary/aromatic N) is 1. The third-order valence-corrected chi connectivity index (χ3v) is 12.1. The molecule has 0 bridgehead atoms. The van der Waals surface area contributed by atoms with Gasteiger partial charge in [-0.3, -0.25) is 48.1 Å². The average molecular weight is 1090 g/mol. The summed E-state index contributed by atoms with van der Waals surface area (Å²) in [5, 5.41) is 41.1. The van der Waals surface area contributed by atoms with E-state index in [-0.39, 0.29) is 75.8 Å². The minimum atomic E-state index is -1.72. The van der Waals surface area contributed by atoms with Gasteiger partial charge in [0.2, 0.25) is 53.2 Å². The lowest BCUT2D eigenvalue weighted by Gasteiger charge is -2.29. The smallest absolute Gasteiger partial charge is 0.326 e. The van der Waals surface area contributed by atoms with Crippen LogP contribution in [0.15, 0.2) is 35.3 Å². The van der Waals surface area contributed by atoms with Gasteiger partial charge in [-0.1, -0.05) is 58.0 Å². The highest BCUT2D eigenvalue weighted by molar-refractivity contribution is 7.98. The second kappa shape index (κ2) is 35.6. The van der Waals surface area contributed by atoms with E-state index in [1.54, 1.807) is 64.3 Å². The summed E-state index contributed by atoms with van der Waals surface area (Å²) in [7, 11) is 0. The molecule has 20 N–H and O–H groups in total. The molecule has 76 heavy (non-hydrogen) atoms. The molecule has 0 spiro atoms. The van der Waals surface area contributed by atoms with E-state index in [2.05, 4.69) is 47.5 Å². The first kappa shape index (κ1) is 67.4. The third-order valence-electron chi connectivity index (χ3n) is 11.5. The highest BCUT2D eigenvalue weighted by atomic mass is 32.2. The van der Waals surface area contributed by atoms with Crippen LogP contribution in [0.3, 0.4) is 0 Å². The van der Waals surface area contributed by atoms with Crippen LogP contribution in [0.25, 0.3) is 0 Å². The number of aliphatic imine (C=N–C) groups is 1. The maximum absolute atomic E-state index is 14.2. The number of aliphatic hydroxyl groups excluding tert-OH is 1. The Morgan fingerprint density at radius 2 is 1.00 bits per heavy atom. The molecule has 428 valence electrons. The van der Waals surface area contributed by atoms with Crippen LogP contribution in [0.1, 0.15) is 105 Å². The Bertz CT molecular complexity index is 2090. The largest absolute Gasteiger partial charge is 0.480 e. The molecule has 0 aliphatic rings. The van der Waals surface area contributed by atoms with Crippen molar-refractivity contribution >= 4 is 76.9 Å². The summed E-state index contributed by atoms with van der Waals surface area (Å²) in [6.07, 6.45) is 0.524. The van der Waals surface area contributed by atoms with Gasteiger partial charge in [0, 0.05) is 13.0 Å². The Morgan fingerprint density at radius 3 is 1.45 bits per heavy atom. The topological polar surface area (TPSA) is 450 Å². The van der Waals surface area contributed by atoms with Gasteiger partial charge >= 0.3 is 5.97 Å². The van der Waals surface area contributed by atoms with Crippen molar-refractivity contribution in [2.75, 3.05) is 25.1 Å². The van der Waals surface area contributed by atoms with E-state index in [0.29, 0.717) is 24.2 Å². The number of nitrogens with two attached hydrogens (primary N) is 5. The summed E-state index contributed by atoms with van der Waals surface area (Å²) < 4.78 is 0.